The minimum atomic E-state index is -0.110. The molecule has 0 amide bonds. The molecule has 3 heterocycles. The van der Waals surface area contributed by atoms with E-state index < -0.39 is 0 Å². The summed E-state index contributed by atoms with van der Waals surface area (Å²) < 4.78 is 0. The van der Waals surface area contributed by atoms with Gasteiger partial charge in [-0.2, -0.15) is 0 Å². The molecule has 2 atom stereocenters. The maximum atomic E-state index is 9.45. The Balaban J connectivity index is 1.88. The Bertz CT molecular complexity index is 395. The van der Waals surface area contributed by atoms with Gasteiger partial charge in [-0.05, 0) is 32.8 Å². The molecule has 0 saturated carbocycles. The number of rotatable bonds is 1. The second kappa shape index (κ2) is 3.82. The number of amidine groups is 1. The summed E-state index contributed by atoms with van der Waals surface area (Å²) in [7, 11) is 0. The molecule has 0 aromatic carbocycles. The first-order valence-electron chi connectivity index (χ1n) is 6.52. The predicted molar refractivity (Wildman–Crippen MR) is 68.0 cm³/mol. The van der Waals surface area contributed by atoms with Crippen molar-refractivity contribution >= 4 is 5.84 Å². The normalized spacial score (nSPS) is 34.8. The molecule has 0 spiro atoms. The van der Waals surface area contributed by atoms with Crippen LogP contribution in [0.3, 0.4) is 0 Å². The van der Waals surface area contributed by atoms with Gasteiger partial charge in [0.15, 0.2) is 0 Å². The van der Waals surface area contributed by atoms with Crippen LogP contribution in [0, 0.1) is 0 Å². The lowest BCUT2D eigenvalue weighted by atomic mass is 9.98. The Morgan fingerprint density at radius 1 is 1.29 bits per heavy atom. The van der Waals surface area contributed by atoms with Crippen molar-refractivity contribution in [2.24, 2.45) is 4.99 Å². The molecule has 2 unspecified atom stereocenters. The van der Waals surface area contributed by atoms with Gasteiger partial charge in [-0.15, -0.1) is 0 Å². The number of β-amino-alcohol motifs (C(OH)–C–C–N with tert-alkyl or cyclic N) is 1. The van der Waals surface area contributed by atoms with Gasteiger partial charge in [0, 0.05) is 25.3 Å². The van der Waals surface area contributed by atoms with Crippen molar-refractivity contribution < 1.29 is 5.11 Å². The van der Waals surface area contributed by atoms with E-state index in [1.54, 1.807) is 0 Å². The number of likely N-dealkylation sites (tertiary alicyclic amines) is 1. The Morgan fingerprint density at radius 2 is 2.00 bits per heavy atom. The van der Waals surface area contributed by atoms with Crippen LogP contribution in [0.15, 0.2) is 16.3 Å². The summed E-state index contributed by atoms with van der Waals surface area (Å²) >= 11 is 0. The van der Waals surface area contributed by atoms with E-state index in [0.717, 1.165) is 25.5 Å². The van der Waals surface area contributed by atoms with Gasteiger partial charge in [0.2, 0.25) is 0 Å². The van der Waals surface area contributed by atoms with Gasteiger partial charge in [0.1, 0.15) is 5.84 Å². The molecule has 2 fully saturated rings. The van der Waals surface area contributed by atoms with Crippen molar-refractivity contribution in [1.29, 1.82) is 0 Å². The van der Waals surface area contributed by atoms with E-state index in [4.69, 9.17) is 0 Å². The summed E-state index contributed by atoms with van der Waals surface area (Å²) in [6.45, 7) is 9.23. The molecule has 0 aliphatic carbocycles. The molecule has 1 N–H and O–H groups in total. The number of aliphatic hydroxyl groups excluding tert-OH is 1. The van der Waals surface area contributed by atoms with Crippen LogP contribution in [0.1, 0.15) is 27.2 Å². The fourth-order valence-corrected chi connectivity index (χ4v) is 3.26. The van der Waals surface area contributed by atoms with Crippen molar-refractivity contribution in [2.45, 2.75) is 45.4 Å². The summed E-state index contributed by atoms with van der Waals surface area (Å²) in [5.41, 5.74) is 2.86. The minimum absolute atomic E-state index is 0.110. The van der Waals surface area contributed by atoms with Crippen LogP contribution >= 0.6 is 0 Å². The van der Waals surface area contributed by atoms with E-state index in [2.05, 4.69) is 35.6 Å². The molecule has 0 aromatic rings. The number of aliphatic imine (C=N–C) groups is 1. The zero-order valence-corrected chi connectivity index (χ0v) is 10.8. The van der Waals surface area contributed by atoms with Gasteiger partial charge in [-0.3, -0.25) is 9.89 Å². The van der Waals surface area contributed by atoms with E-state index in [1.807, 2.05) is 0 Å². The third-order valence-corrected chi connectivity index (χ3v) is 4.37. The molecule has 0 bridgehead atoms. The number of fused-ring (bicyclic) bond motifs is 1. The highest BCUT2D eigenvalue weighted by Gasteiger charge is 2.41. The van der Waals surface area contributed by atoms with E-state index in [1.165, 1.54) is 17.7 Å². The predicted octanol–water partition coefficient (Wildman–Crippen LogP) is 0.832. The second-order valence-corrected chi connectivity index (χ2v) is 5.48. The quantitative estimate of drug-likeness (QED) is 0.732. The van der Waals surface area contributed by atoms with Gasteiger partial charge >= 0.3 is 0 Å². The van der Waals surface area contributed by atoms with Crippen molar-refractivity contribution in [3.05, 3.63) is 11.3 Å². The molecule has 3 aliphatic heterocycles. The van der Waals surface area contributed by atoms with E-state index >= 15 is 0 Å². The maximum Gasteiger partial charge on any atom is 0.101 e. The monoisotopic (exact) mass is 235 g/mol. The first-order valence-corrected chi connectivity index (χ1v) is 6.52. The lowest BCUT2D eigenvalue weighted by Gasteiger charge is -2.42. The molecule has 3 aliphatic rings. The number of aliphatic hydroxyl groups is 1. The van der Waals surface area contributed by atoms with Gasteiger partial charge < -0.3 is 10.0 Å². The summed E-state index contributed by atoms with van der Waals surface area (Å²) in [6.07, 6.45) is 1.06. The Labute approximate surface area is 103 Å². The number of hydrogen-bond donors (Lipinski definition) is 1. The Hall–Kier alpha value is -0.870. The fourth-order valence-electron chi connectivity index (χ4n) is 3.26. The highest BCUT2D eigenvalue weighted by atomic mass is 16.3. The van der Waals surface area contributed by atoms with Crippen LogP contribution in [0.4, 0.5) is 0 Å². The highest BCUT2D eigenvalue weighted by Crippen LogP contribution is 2.35. The average Bonchev–Trinajstić information content (AvgIpc) is 2.66. The molecule has 0 aromatic heterocycles. The van der Waals surface area contributed by atoms with Gasteiger partial charge in [-0.25, -0.2) is 0 Å². The van der Waals surface area contributed by atoms with Crippen molar-refractivity contribution in [1.82, 2.24) is 9.80 Å². The van der Waals surface area contributed by atoms with Crippen LogP contribution in [0.2, 0.25) is 0 Å². The SMILES string of the molecule is CC1=NC(C)C(C)=C2C(N3CC(O)C3)CCN12. The molecular formula is C13H21N3O. The van der Waals surface area contributed by atoms with Gasteiger partial charge in [-0.1, -0.05) is 0 Å². The molecule has 94 valence electrons. The van der Waals surface area contributed by atoms with Gasteiger partial charge in [0.25, 0.3) is 0 Å². The number of hydrogen-bond acceptors (Lipinski definition) is 4. The summed E-state index contributed by atoms with van der Waals surface area (Å²) in [4.78, 5) is 9.44. The summed E-state index contributed by atoms with van der Waals surface area (Å²) in [5.74, 6) is 1.15. The Morgan fingerprint density at radius 3 is 2.65 bits per heavy atom. The third kappa shape index (κ3) is 1.62. The first-order chi connectivity index (χ1) is 8.08. The summed E-state index contributed by atoms with van der Waals surface area (Å²) in [6, 6.07) is 0.819. The zero-order chi connectivity index (χ0) is 12.2. The van der Waals surface area contributed by atoms with E-state index in [9.17, 15) is 5.11 Å². The topological polar surface area (TPSA) is 39.1 Å². The van der Waals surface area contributed by atoms with Crippen LogP contribution in [-0.4, -0.2) is 58.6 Å². The van der Waals surface area contributed by atoms with Crippen LogP contribution in [0.25, 0.3) is 0 Å². The zero-order valence-electron chi connectivity index (χ0n) is 10.8. The lowest BCUT2D eigenvalue weighted by Crippen LogP contribution is -2.56. The van der Waals surface area contributed by atoms with Crippen LogP contribution < -0.4 is 0 Å². The smallest absolute Gasteiger partial charge is 0.101 e. The van der Waals surface area contributed by atoms with Crippen molar-refractivity contribution in [3.63, 3.8) is 0 Å². The molecule has 3 rings (SSSR count). The molecule has 4 heteroatoms. The molecular weight excluding hydrogens is 214 g/mol. The molecule has 2 saturated heterocycles. The van der Waals surface area contributed by atoms with Crippen LogP contribution in [0.5, 0.6) is 0 Å². The van der Waals surface area contributed by atoms with Crippen molar-refractivity contribution in [3.8, 4) is 0 Å². The Kier molecular flexibility index (Phi) is 2.52. The minimum Gasteiger partial charge on any atom is -0.390 e. The standard InChI is InChI=1S/C13H21N3O/c1-8-9(2)14-10(3)16-5-4-12(13(8)16)15-6-11(17)7-15/h9,11-12,17H,4-7H2,1-3H3. The van der Waals surface area contributed by atoms with Crippen LogP contribution in [-0.2, 0) is 0 Å². The van der Waals surface area contributed by atoms with Gasteiger partial charge in [0.05, 0.1) is 18.2 Å². The average molecular weight is 235 g/mol. The summed E-state index contributed by atoms with van der Waals surface area (Å²) in [5, 5.41) is 9.45. The maximum absolute atomic E-state index is 9.45. The molecule has 4 nitrogen and oxygen atoms in total. The van der Waals surface area contributed by atoms with E-state index in [-0.39, 0.29) is 6.10 Å². The largest absolute Gasteiger partial charge is 0.390 e. The van der Waals surface area contributed by atoms with Crippen molar-refractivity contribution in [2.75, 3.05) is 19.6 Å². The molecule has 0 radical (unpaired) electrons. The lowest BCUT2D eigenvalue weighted by molar-refractivity contribution is -0.0153. The number of nitrogens with zero attached hydrogens (tertiary/aromatic N) is 3. The fraction of sp³-hybridized carbons (Fsp3) is 0.769. The van der Waals surface area contributed by atoms with E-state index in [0.29, 0.717) is 12.1 Å². The second-order valence-electron chi connectivity index (χ2n) is 5.48. The first kappa shape index (κ1) is 11.2. The third-order valence-electron chi connectivity index (χ3n) is 4.37. The molecule has 17 heavy (non-hydrogen) atoms. The highest BCUT2D eigenvalue weighted by molar-refractivity contribution is 5.84.